The van der Waals surface area contributed by atoms with Crippen molar-refractivity contribution >= 4 is 11.9 Å². The van der Waals surface area contributed by atoms with E-state index in [0.717, 1.165) is 0 Å². The van der Waals surface area contributed by atoms with Crippen LogP contribution in [0.4, 0.5) is 8.78 Å². The Balaban J connectivity index is 5.14. The third-order valence-electron chi connectivity index (χ3n) is 3.17. The Hall–Kier alpha value is -1.20. The summed E-state index contributed by atoms with van der Waals surface area (Å²) in [7, 11) is 0. The van der Waals surface area contributed by atoms with Crippen LogP contribution in [0.2, 0.25) is 0 Å². The van der Waals surface area contributed by atoms with Crippen molar-refractivity contribution in [1.29, 1.82) is 0 Å². The van der Waals surface area contributed by atoms with Gasteiger partial charge in [-0.15, -0.1) is 0 Å². The van der Waals surface area contributed by atoms with Crippen molar-refractivity contribution in [2.75, 3.05) is 0 Å². The topological polar surface area (TPSA) is 52.6 Å². The molecule has 0 aromatic heterocycles. The number of hydrogen-bond donors (Lipinski definition) is 0. The van der Waals surface area contributed by atoms with E-state index < -0.39 is 35.0 Å². The molecular formula is C17H30F2O4. The number of ether oxygens (including phenoxy) is 2. The highest BCUT2D eigenvalue weighted by molar-refractivity contribution is 5.80. The fourth-order valence-electron chi connectivity index (χ4n) is 2.28. The number of alkyl halides is 2. The van der Waals surface area contributed by atoms with Gasteiger partial charge in [-0.25, -0.2) is 4.79 Å². The van der Waals surface area contributed by atoms with Crippen molar-refractivity contribution in [3.63, 3.8) is 0 Å². The van der Waals surface area contributed by atoms with Gasteiger partial charge in [-0.1, -0.05) is 20.8 Å². The van der Waals surface area contributed by atoms with Crippen molar-refractivity contribution in [3.05, 3.63) is 0 Å². The third-order valence-corrected chi connectivity index (χ3v) is 3.17. The summed E-state index contributed by atoms with van der Waals surface area (Å²) < 4.78 is 38.3. The first-order valence-corrected chi connectivity index (χ1v) is 7.95. The summed E-state index contributed by atoms with van der Waals surface area (Å²) >= 11 is 0. The summed E-state index contributed by atoms with van der Waals surface area (Å²) in [5.41, 5.74) is -1.94. The Labute approximate surface area is 137 Å². The first-order valence-electron chi connectivity index (χ1n) is 7.95. The van der Waals surface area contributed by atoms with E-state index in [1.807, 2.05) is 13.8 Å². The minimum absolute atomic E-state index is 0.185. The molecule has 0 aliphatic rings. The van der Waals surface area contributed by atoms with E-state index >= 15 is 0 Å². The summed E-state index contributed by atoms with van der Waals surface area (Å²) in [4.78, 5) is 23.9. The second kappa shape index (κ2) is 7.58. The van der Waals surface area contributed by atoms with E-state index in [9.17, 15) is 18.4 Å². The third kappa shape index (κ3) is 6.83. The van der Waals surface area contributed by atoms with Crippen LogP contribution in [0.25, 0.3) is 0 Å². The lowest BCUT2D eigenvalue weighted by atomic mass is 9.84. The minimum Gasteiger partial charge on any atom is -0.455 e. The molecule has 0 aromatic rings. The van der Waals surface area contributed by atoms with Gasteiger partial charge in [0.2, 0.25) is 0 Å². The average Bonchev–Trinajstić information content (AvgIpc) is 2.31. The molecule has 4 nitrogen and oxygen atoms in total. The van der Waals surface area contributed by atoms with Crippen molar-refractivity contribution in [2.45, 2.75) is 85.9 Å². The molecule has 0 spiro atoms. The fraction of sp³-hybridized carbons (Fsp3) is 0.882. The van der Waals surface area contributed by atoms with Gasteiger partial charge in [-0.2, -0.15) is 8.78 Å². The lowest BCUT2D eigenvalue weighted by Crippen LogP contribution is -2.48. The van der Waals surface area contributed by atoms with Gasteiger partial charge >= 0.3 is 17.9 Å². The van der Waals surface area contributed by atoms with Crippen LogP contribution < -0.4 is 0 Å². The van der Waals surface area contributed by atoms with E-state index in [1.54, 1.807) is 13.8 Å². The minimum atomic E-state index is -3.88. The van der Waals surface area contributed by atoms with Crippen LogP contribution in [0.15, 0.2) is 0 Å². The van der Waals surface area contributed by atoms with Gasteiger partial charge in [-0.05, 0) is 53.4 Å². The Morgan fingerprint density at radius 2 is 1.48 bits per heavy atom. The normalized spacial score (nSPS) is 14.6. The highest BCUT2D eigenvalue weighted by Crippen LogP contribution is 2.32. The standard InChI is InChI=1S/C17H30F2O4/c1-9-12(17(18,19)14(21)23-15(4,5)6)22-13(20)16(7,8)10-11(2)3/h11-12H,9-10H2,1-8H3. The maximum atomic E-state index is 14.3. The van der Waals surface area contributed by atoms with E-state index in [2.05, 4.69) is 0 Å². The molecule has 0 fully saturated rings. The molecule has 23 heavy (non-hydrogen) atoms. The first-order chi connectivity index (χ1) is 10.1. The van der Waals surface area contributed by atoms with Gasteiger partial charge in [-0.3, -0.25) is 4.79 Å². The molecule has 1 unspecified atom stereocenters. The number of carbonyl (C=O) groups is 2. The van der Waals surface area contributed by atoms with Crippen molar-refractivity contribution < 1.29 is 27.8 Å². The van der Waals surface area contributed by atoms with Gasteiger partial charge in [0, 0.05) is 0 Å². The predicted octanol–water partition coefficient (Wildman–Crippen LogP) is 4.36. The Morgan fingerprint density at radius 1 is 1.00 bits per heavy atom. The highest BCUT2D eigenvalue weighted by Gasteiger charge is 2.52. The number of halogens is 2. The van der Waals surface area contributed by atoms with Crippen LogP contribution in [-0.2, 0) is 19.1 Å². The molecule has 1 atom stereocenters. The molecule has 0 amide bonds. The molecule has 136 valence electrons. The number of hydrogen-bond acceptors (Lipinski definition) is 4. The van der Waals surface area contributed by atoms with E-state index in [-0.39, 0.29) is 12.3 Å². The number of rotatable bonds is 7. The van der Waals surface area contributed by atoms with Crippen LogP contribution in [0.5, 0.6) is 0 Å². The zero-order chi connectivity index (χ0) is 18.6. The van der Waals surface area contributed by atoms with Crippen molar-refractivity contribution in [3.8, 4) is 0 Å². The molecule has 0 saturated heterocycles. The molecule has 0 bridgehead atoms. The molecule has 0 N–H and O–H groups in total. The van der Waals surface area contributed by atoms with Crippen molar-refractivity contribution in [1.82, 2.24) is 0 Å². The van der Waals surface area contributed by atoms with Gasteiger partial charge < -0.3 is 9.47 Å². The van der Waals surface area contributed by atoms with Crippen LogP contribution in [0.3, 0.4) is 0 Å². The maximum Gasteiger partial charge on any atom is 0.381 e. The molecule has 0 aromatic carbocycles. The Morgan fingerprint density at radius 3 is 1.83 bits per heavy atom. The summed E-state index contributed by atoms with van der Waals surface area (Å²) in [6.45, 7) is 13.1. The van der Waals surface area contributed by atoms with Crippen molar-refractivity contribution in [2.24, 2.45) is 11.3 Å². The maximum absolute atomic E-state index is 14.3. The molecule has 6 heteroatoms. The van der Waals surface area contributed by atoms with Gasteiger partial charge in [0.25, 0.3) is 0 Å². The highest BCUT2D eigenvalue weighted by atomic mass is 19.3. The smallest absolute Gasteiger partial charge is 0.381 e. The molecule has 0 saturated carbocycles. The van der Waals surface area contributed by atoms with Crippen LogP contribution in [0.1, 0.15) is 68.2 Å². The largest absolute Gasteiger partial charge is 0.455 e. The molecule has 0 rings (SSSR count). The summed E-state index contributed by atoms with van der Waals surface area (Å²) in [6, 6.07) is 0. The van der Waals surface area contributed by atoms with Gasteiger partial charge in [0.05, 0.1) is 5.41 Å². The van der Waals surface area contributed by atoms with Gasteiger partial charge in [0.1, 0.15) is 5.60 Å². The summed E-state index contributed by atoms with van der Waals surface area (Å²) in [6.07, 6.45) is -1.52. The summed E-state index contributed by atoms with van der Waals surface area (Å²) in [5, 5.41) is 0. The molecule has 0 radical (unpaired) electrons. The zero-order valence-corrected chi connectivity index (χ0v) is 15.5. The average molecular weight is 336 g/mol. The Kier molecular flexibility index (Phi) is 7.18. The van der Waals surface area contributed by atoms with Crippen LogP contribution in [-0.4, -0.2) is 29.6 Å². The Bertz CT molecular complexity index is 423. The molecule has 0 heterocycles. The lowest BCUT2D eigenvalue weighted by molar-refractivity contribution is -0.209. The SMILES string of the molecule is CCC(OC(=O)C(C)(C)CC(C)C)C(F)(F)C(=O)OC(C)(C)C. The van der Waals surface area contributed by atoms with E-state index in [1.165, 1.54) is 27.7 Å². The molecule has 0 aliphatic carbocycles. The zero-order valence-electron chi connectivity index (χ0n) is 15.5. The predicted molar refractivity (Wildman–Crippen MR) is 84.2 cm³/mol. The second-order valence-corrected chi connectivity index (χ2v) is 7.91. The lowest BCUT2D eigenvalue weighted by Gasteiger charge is -2.31. The monoisotopic (exact) mass is 336 g/mol. The van der Waals surface area contributed by atoms with Crippen LogP contribution >= 0.6 is 0 Å². The fourth-order valence-corrected chi connectivity index (χ4v) is 2.28. The van der Waals surface area contributed by atoms with Gasteiger partial charge in [0.15, 0.2) is 6.10 Å². The van der Waals surface area contributed by atoms with E-state index in [0.29, 0.717) is 6.42 Å². The summed E-state index contributed by atoms with van der Waals surface area (Å²) in [5.74, 6) is -6.08. The second-order valence-electron chi connectivity index (χ2n) is 7.91. The van der Waals surface area contributed by atoms with Crippen LogP contribution in [0, 0.1) is 11.3 Å². The number of carbonyl (C=O) groups excluding carboxylic acids is 2. The van der Waals surface area contributed by atoms with E-state index in [4.69, 9.17) is 9.47 Å². The first kappa shape index (κ1) is 21.8. The molecular weight excluding hydrogens is 306 g/mol. The molecule has 0 aliphatic heterocycles. The number of esters is 2. The quantitative estimate of drug-likeness (QED) is 0.648.